The van der Waals surface area contributed by atoms with Crippen LogP contribution in [0.5, 0.6) is 5.75 Å². The van der Waals surface area contributed by atoms with E-state index in [9.17, 15) is 4.79 Å². The van der Waals surface area contributed by atoms with Gasteiger partial charge in [-0.1, -0.05) is 32.4 Å². The Balaban J connectivity index is 2.97. The zero-order valence-electron chi connectivity index (χ0n) is 12.4. The van der Waals surface area contributed by atoms with Crippen molar-refractivity contribution in [3.05, 3.63) is 29.3 Å². The number of rotatable bonds is 7. The molecule has 0 atom stereocenters. The minimum Gasteiger partial charge on any atom is -0.492 e. The van der Waals surface area contributed by atoms with Crippen LogP contribution in [0.3, 0.4) is 0 Å². The van der Waals surface area contributed by atoms with Crippen molar-refractivity contribution in [3.63, 3.8) is 0 Å². The average molecular weight is 264 g/mol. The molecule has 1 aromatic rings. The monoisotopic (exact) mass is 264 g/mol. The van der Waals surface area contributed by atoms with Crippen LogP contribution in [-0.2, 0) is 11.2 Å². The minimum absolute atomic E-state index is 0.124. The number of benzene rings is 1. The molecule has 0 spiro atoms. The summed E-state index contributed by atoms with van der Waals surface area (Å²) in [6.45, 7) is 8.50. The molecule has 0 fully saturated rings. The van der Waals surface area contributed by atoms with Crippen molar-refractivity contribution < 1.29 is 14.3 Å². The number of carbonyl (C=O) groups is 1. The standard InChI is InChI=1S/C16H24O3/c1-5-7-11-18-15-13(6-2)9-8-10-14(15)16(17)19-12(3)4/h8-10,12H,5-7,11H2,1-4H3. The first-order valence-electron chi connectivity index (χ1n) is 7.05. The zero-order chi connectivity index (χ0) is 14.3. The predicted octanol–water partition coefficient (Wildman–Crippen LogP) is 3.99. The number of unbranched alkanes of at least 4 members (excludes halogenated alkanes) is 1. The zero-order valence-corrected chi connectivity index (χ0v) is 12.4. The summed E-state index contributed by atoms with van der Waals surface area (Å²) in [5.74, 6) is 0.376. The second kappa shape index (κ2) is 7.82. The molecule has 0 saturated heterocycles. The second-order valence-electron chi connectivity index (χ2n) is 4.80. The third-order valence-corrected chi connectivity index (χ3v) is 2.78. The fourth-order valence-corrected chi connectivity index (χ4v) is 1.79. The molecular weight excluding hydrogens is 240 g/mol. The Morgan fingerprint density at radius 2 is 2.00 bits per heavy atom. The summed E-state index contributed by atoms with van der Waals surface area (Å²) in [7, 11) is 0. The van der Waals surface area contributed by atoms with Gasteiger partial charge in [-0.3, -0.25) is 0 Å². The van der Waals surface area contributed by atoms with Crippen molar-refractivity contribution in [3.8, 4) is 5.75 Å². The van der Waals surface area contributed by atoms with E-state index in [1.165, 1.54) is 0 Å². The molecule has 0 amide bonds. The molecule has 0 N–H and O–H groups in total. The van der Waals surface area contributed by atoms with Crippen LogP contribution in [0.1, 0.15) is 56.5 Å². The van der Waals surface area contributed by atoms with E-state index < -0.39 is 0 Å². The SMILES string of the molecule is CCCCOc1c(CC)cccc1C(=O)OC(C)C. The van der Waals surface area contributed by atoms with E-state index in [4.69, 9.17) is 9.47 Å². The summed E-state index contributed by atoms with van der Waals surface area (Å²) in [5, 5.41) is 0. The number of carbonyl (C=O) groups excluding carboxylic acids is 1. The highest BCUT2D eigenvalue weighted by molar-refractivity contribution is 5.93. The Morgan fingerprint density at radius 3 is 2.58 bits per heavy atom. The van der Waals surface area contributed by atoms with Crippen LogP contribution in [0.4, 0.5) is 0 Å². The number of esters is 1. The maximum absolute atomic E-state index is 12.1. The van der Waals surface area contributed by atoms with Gasteiger partial charge in [-0.2, -0.15) is 0 Å². The summed E-state index contributed by atoms with van der Waals surface area (Å²) in [5.41, 5.74) is 1.58. The molecule has 0 unspecified atom stereocenters. The molecule has 0 heterocycles. The maximum Gasteiger partial charge on any atom is 0.342 e. The van der Waals surface area contributed by atoms with Crippen molar-refractivity contribution in [1.82, 2.24) is 0 Å². The smallest absolute Gasteiger partial charge is 0.342 e. The van der Waals surface area contributed by atoms with Crippen LogP contribution in [0.15, 0.2) is 18.2 Å². The maximum atomic E-state index is 12.1. The van der Waals surface area contributed by atoms with Gasteiger partial charge in [0.1, 0.15) is 11.3 Å². The van der Waals surface area contributed by atoms with Gasteiger partial charge in [0.05, 0.1) is 12.7 Å². The van der Waals surface area contributed by atoms with Crippen LogP contribution in [0.2, 0.25) is 0 Å². The molecule has 0 aliphatic rings. The molecule has 0 saturated carbocycles. The van der Waals surface area contributed by atoms with E-state index in [2.05, 4.69) is 13.8 Å². The molecule has 3 nitrogen and oxygen atoms in total. The minimum atomic E-state index is -0.309. The van der Waals surface area contributed by atoms with Gasteiger partial charge < -0.3 is 9.47 Å². The van der Waals surface area contributed by atoms with Gasteiger partial charge in [0.15, 0.2) is 0 Å². The second-order valence-corrected chi connectivity index (χ2v) is 4.80. The number of hydrogen-bond acceptors (Lipinski definition) is 3. The fourth-order valence-electron chi connectivity index (χ4n) is 1.79. The third kappa shape index (κ3) is 4.58. The van der Waals surface area contributed by atoms with Gasteiger partial charge in [0, 0.05) is 0 Å². The Morgan fingerprint density at radius 1 is 1.26 bits per heavy atom. The summed E-state index contributed by atoms with van der Waals surface area (Å²) in [4.78, 5) is 12.1. The van der Waals surface area contributed by atoms with Gasteiger partial charge in [0.2, 0.25) is 0 Å². The van der Waals surface area contributed by atoms with E-state index in [1.54, 1.807) is 6.07 Å². The number of para-hydroxylation sites is 1. The van der Waals surface area contributed by atoms with E-state index in [0.717, 1.165) is 24.8 Å². The fraction of sp³-hybridized carbons (Fsp3) is 0.562. The molecule has 3 heteroatoms. The molecule has 0 bridgehead atoms. The largest absolute Gasteiger partial charge is 0.492 e. The first-order chi connectivity index (χ1) is 9.10. The molecule has 106 valence electrons. The topological polar surface area (TPSA) is 35.5 Å². The summed E-state index contributed by atoms with van der Waals surface area (Å²) < 4.78 is 11.1. The van der Waals surface area contributed by atoms with Gasteiger partial charge >= 0.3 is 5.97 Å². The Hall–Kier alpha value is -1.51. The van der Waals surface area contributed by atoms with Crippen LogP contribution in [0, 0.1) is 0 Å². The number of aryl methyl sites for hydroxylation is 1. The Labute approximate surface area is 115 Å². The van der Waals surface area contributed by atoms with Crippen LogP contribution in [-0.4, -0.2) is 18.7 Å². The predicted molar refractivity (Wildman–Crippen MR) is 76.8 cm³/mol. The average Bonchev–Trinajstić information content (AvgIpc) is 2.38. The number of ether oxygens (including phenoxy) is 2. The quantitative estimate of drug-likeness (QED) is 0.551. The summed E-state index contributed by atoms with van der Waals surface area (Å²) in [6, 6.07) is 5.64. The van der Waals surface area contributed by atoms with Crippen molar-refractivity contribution in [1.29, 1.82) is 0 Å². The van der Waals surface area contributed by atoms with Crippen LogP contribution in [0.25, 0.3) is 0 Å². The van der Waals surface area contributed by atoms with Crippen LogP contribution < -0.4 is 4.74 Å². The highest BCUT2D eigenvalue weighted by Crippen LogP contribution is 2.26. The first kappa shape index (κ1) is 15.5. The molecule has 1 aromatic carbocycles. The highest BCUT2D eigenvalue weighted by atomic mass is 16.5. The van der Waals surface area contributed by atoms with Gasteiger partial charge in [-0.05, 0) is 38.3 Å². The third-order valence-electron chi connectivity index (χ3n) is 2.78. The molecular formula is C16H24O3. The van der Waals surface area contributed by atoms with Gasteiger partial charge in [-0.25, -0.2) is 4.79 Å². The normalized spacial score (nSPS) is 10.6. The van der Waals surface area contributed by atoms with E-state index >= 15 is 0 Å². The summed E-state index contributed by atoms with van der Waals surface area (Å²) in [6.07, 6.45) is 2.77. The molecule has 0 aliphatic heterocycles. The molecule has 0 radical (unpaired) electrons. The summed E-state index contributed by atoms with van der Waals surface area (Å²) >= 11 is 0. The Bertz CT molecular complexity index is 410. The molecule has 0 aromatic heterocycles. The lowest BCUT2D eigenvalue weighted by Crippen LogP contribution is -2.14. The van der Waals surface area contributed by atoms with E-state index in [-0.39, 0.29) is 12.1 Å². The van der Waals surface area contributed by atoms with E-state index in [0.29, 0.717) is 17.9 Å². The molecule has 1 rings (SSSR count). The lowest BCUT2D eigenvalue weighted by Gasteiger charge is -2.15. The number of hydrogen-bond donors (Lipinski definition) is 0. The lowest BCUT2D eigenvalue weighted by molar-refractivity contribution is 0.0373. The van der Waals surface area contributed by atoms with Gasteiger partial charge in [0.25, 0.3) is 0 Å². The van der Waals surface area contributed by atoms with Crippen molar-refractivity contribution >= 4 is 5.97 Å². The van der Waals surface area contributed by atoms with Crippen molar-refractivity contribution in [2.24, 2.45) is 0 Å². The van der Waals surface area contributed by atoms with E-state index in [1.807, 2.05) is 26.0 Å². The van der Waals surface area contributed by atoms with Crippen molar-refractivity contribution in [2.75, 3.05) is 6.61 Å². The Kier molecular flexibility index (Phi) is 6.40. The molecule has 0 aliphatic carbocycles. The first-order valence-corrected chi connectivity index (χ1v) is 7.05. The van der Waals surface area contributed by atoms with Crippen molar-refractivity contribution in [2.45, 2.75) is 53.1 Å². The van der Waals surface area contributed by atoms with Crippen LogP contribution >= 0.6 is 0 Å². The highest BCUT2D eigenvalue weighted by Gasteiger charge is 2.17. The lowest BCUT2D eigenvalue weighted by atomic mass is 10.1. The molecule has 19 heavy (non-hydrogen) atoms. The van der Waals surface area contributed by atoms with Gasteiger partial charge in [-0.15, -0.1) is 0 Å².